The highest BCUT2D eigenvalue weighted by Gasteiger charge is 2.49. The van der Waals surface area contributed by atoms with E-state index in [1.54, 1.807) is 6.92 Å². The second-order valence-corrected chi connectivity index (χ2v) is 13.1. The molecule has 2 unspecified atom stereocenters. The Balaban J connectivity index is 1.33. The predicted octanol–water partition coefficient (Wildman–Crippen LogP) is 5.10. The van der Waals surface area contributed by atoms with Gasteiger partial charge >= 0.3 is 6.01 Å². The Hall–Kier alpha value is -4.34. The van der Waals surface area contributed by atoms with Crippen molar-refractivity contribution >= 4 is 27.5 Å². The maximum Gasteiger partial charge on any atom is 0.319 e. The van der Waals surface area contributed by atoms with Crippen molar-refractivity contribution in [1.29, 1.82) is 0 Å². The highest BCUT2D eigenvalue weighted by Crippen LogP contribution is 2.44. The number of pyridine rings is 1. The Morgan fingerprint density at radius 3 is 2.66 bits per heavy atom. The summed E-state index contributed by atoms with van der Waals surface area (Å²) in [7, 11) is 1.44. The van der Waals surface area contributed by atoms with Crippen LogP contribution in [0.1, 0.15) is 44.6 Å². The highest BCUT2D eigenvalue weighted by atomic mass is 19.1. The highest BCUT2D eigenvalue weighted by molar-refractivity contribution is 6.04. The van der Waals surface area contributed by atoms with Gasteiger partial charge in [0, 0.05) is 49.1 Å². The van der Waals surface area contributed by atoms with Crippen molar-refractivity contribution in [3.63, 3.8) is 0 Å². The number of aromatic hydroxyl groups is 1. The molecule has 0 spiro atoms. The number of benzene rings is 2. The zero-order valence-electron chi connectivity index (χ0n) is 26.2. The minimum atomic E-state index is -0.928. The van der Waals surface area contributed by atoms with Crippen LogP contribution >= 0.6 is 0 Å². The molecule has 244 valence electrons. The summed E-state index contributed by atoms with van der Waals surface area (Å²) in [6.07, 6.45) is 3.24. The van der Waals surface area contributed by atoms with E-state index < -0.39 is 23.3 Å². The Bertz CT molecular complexity index is 1970. The summed E-state index contributed by atoms with van der Waals surface area (Å²) >= 11 is 0. The van der Waals surface area contributed by atoms with Crippen molar-refractivity contribution in [2.45, 2.75) is 62.8 Å². The lowest BCUT2D eigenvalue weighted by molar-refractivity contribution is 0.107. The lowest BCUT2D eigenvalue weighted by Gasteiger charge is -2.34. The first-order valence-corrected chi connectivity index (χ1v) is 16.1. The number of hydrogen-bond acceptors (Lipinski definition) is 9. The van der Waals surface area contributed by atoms with Crippen molar-refractivity contribution in [1.82, 2.24) is 25.2 Å². The second-order valence-electron chi connectivity index (χ2n) is 13.1. The molecule has 2 aromatic carbocycles. The number of ether oxygens (including phenoxy) is 2. The largest absolute Gasteiger partial charge is 0.508 e. The Kier molecular flexibility index (Phi) is 7.29. The van der Waals surface area contributed by atoms with Crippen LogP contribution in [0.3, 0.4) is 0 Å². The van der Waals surface area contributed by atoms with Crippen LogP contribution in [0, 0.1) is 23.5 Å². The maximum absolute atomic E-state index is 17.1. The van der Waals surface area contributed by atoms with Crippen LogP contribution in [0.15, 0.2) is 24.3 Å². The smallest absolute Gasteiger partial charge is 0.319 e. The fourth-order valence-electron chi connectivity index (χ4n) is 8.20. The number of methoxy groups -OCH3 is 1. The average Bonchev–Trinajstić information content (AvgIpc) is 3.71. The first-order valence-electron chi connectivity index (χ1n) is 16.1. The quantitative estimate of drug-likeness (QED) is 0.278. The molecule has 2 bridgehead atoms. The fraction of sp³-hybridized carbons (Fsp3) is 0.457. The number of nitrogens with zero attached hydrogens (tertiary/aromatic N) is 5. The topological polar surface area (TPSA) is 95.9 Å². The minimum Gasteiger partial charge on any atom is -0.508 e. The molecular weight excluding hydrogens is 609 g/mol. The average molecular weight is 645 g/mol. The SMILES string of the molecule is CC#Cc1c(F)ccc2cc(O)cc(-c3nc(OC)c4c(N5CC6CCC(C5)N6)nc(OC[C@@]56CCCN5C[C@H](F)C6)nc4c3F)c12. The molecule has 12 heteroatoms. The van der Waals surface area contributed by atoms with E-state index in [1.807, 2.05) is 0 Å². The van der Waals surface area contributed by atoms with Crippen molar-refractivity contribution in [3.05, 3.63) is 41.5 Å². The molecule has 4 aliphatic rings. The molecule has 4 atom stereocenters. The van der Waals surface area contributed by atoms with Gasteiger partial charge in [0.05, 0.1) is 18.2 Å². The van der Waals surface area contributed by atoms with E-state index in [4.69, 9.17) is 14.5 Å². The molecule has 4 aromatic rings. The maximum atomic E-state index is 17.1. The van der Waals surface area contributed by atoms with Gasteiger partial charge < -0.3 is 24.8 Å². The zero-order valence-corrected chi connectivity index (χ0v) is 26.2. The third kappa shape index (κ3) is 4.98. The van der Waals surface area contributed by atoms with Gasteiger partial charge in [-0.25, -0.2) is 18.2 Å². The molecule has 8 rings (SSSR count). The van der Waals surface area contributed by atoms with Gasteiger partial charge in [0.2, 0.25) is 5.88 Å². The number of alkyl halides is 1. The number of piperazine rings is 1. The number of nitrogens with one attached hydrogen (secondary N) is 1. The lowest BCUT2D eigenvalue weighted by atomic mass is 9.95. The number of phenolic OH excluding ortho intramolecular Hbond substituents is 1. The molecule has 2 N–H and O–H groups in total. The van der Waals surface area contributed by atoms with E-state index in [9.17, 15) is 9.50 Å². The number of anilines is 1. The van der Waals surface area contributed by atoms with E-state index >= 15 is 8.78 Å². The first kappa shape index (κ1) is 30.0. The van der Waals surface area contributed by atoms with E-state index in [2.05, 4.69) is 36.9 Å². The van der Waals surface area contributed by atoms with Crippen molar-refractivity contribution in [2.75, 3.05) is 44.8 Å². The fourth-order valence-corrected chi connectivity index (χ4v) is 8.20. The molecule has 4 saturated heterocycles. The zero-order chi connectivity index (χ0) is 32.4. The van der Waals surface area contributed by atoms with Gasteiger partial charge in [-0.1, -0.05) is 12.0 Å². The molecule has 47 heavy (non-hydrogen) atoms. The molecule has 0 saturated carbocycles. The summed E-state index contributed by atoms with van der Waals surface area (Å²) in [5.41, 5.74) is -0.519. The summed E-state index contributed by atoms with van der Waals surface area (Å²) < 4.78 is 58.8. The normalized spacial score (nSPS) is 25.3. The number of aromatic nitrogens is 3. The summed E-state index contributed by atoms with van der Waals surface area (Å²) in [6, 6.07) is 6.06. The van der Waals surface area contributed by atoms with Gasteiger partial charge in [0.15, 0.2) is 5.82 Å². The van der Waals surface area contributed by atoms with Crippen molar-refractivity contribution < 1.29 is 27.8 Å². The molecule has 0 radical (unpaired) electrons. The summed E-state index contributed by atoms with van der Waals surface area (Å²) in [4.78, 5) is 18.3. The van der Waals surface area contributed by atoms with Gasteiger partial charge in [-0.05, 0) is 62.7 Å². The number of halogens is 3. The van der Waals surface area contributed by atoms with Crippen LogP contribution in [0.4, 0.5) is 19.0 Å². The van der Waals surface area contributed by atoms with Crippen LogP contribution in [0.2, 0.25) is 0 Å². The molecule has 0 amide bonds. The van der Waals surface area contributed by atoms with E-state index in [0.29, 0.717) is 42.6 Å². The van der Waals surface area contributed by atoms with Crippen LogP contribution in [-0.2, 0) is 0 Å². The third-order valence-electron chi connectivity index (χ3n) is 10.2. The molecule has 2 aromatic heterocycles. The molecule has 4 fully saturated rings. The standard InChI is InChI=1S/C35H35F3N6O3/c1-3-5-24-26(37)9-6-19-12-23(45)13-25(27(19)24)30-29(38)31-28(33(40-30)46-2)32(43-16-21-7-8-22(17-43)39-21)42-34(41-31)47-18-35-10-4-11-44(35)15-20(36)14-35/h6,9,12-13,20-22,39,45H,4,7-8,10-11,14-18H2,1-2H3/t20-,21?,22?,35+/m1/s1. The number of fused-ring (bicyclic) bond motifs is 5. The van der Waals surface area contributed by atoms with E-state index in [1.165, 1.54) is 31.4 Å². The molecule has 9 nitrogen and oxygen atoms in total. The lowest BCUT2D eigenvalue weighted by Crippen LogP contribution is -2.51. The van der Waals surface area contributed by atoms with Crippen LogP contribution < -0.4 is 19.7 Å². The Morgan fingerprint density at radius 1 is 1.09 bits per heavy atom. The monoisotopic (exact) mass is 644 g/mol. The van der Waals surface area contributed by atoms with Crippen molar-refractivity contribution in [3.8, 4) is 40.7 Å². The molecular formula is C35H35F3N6O3. The van der Waals surface area contributed by atoms with Gasteiger partial charge in [0.25, 0.3) is 0 Å². The van der Waals surface area contributed by atoms with Gasteiger partial charge in [0.1, 0.15) is 46.8 Å². The first-order chi connectivity index (χ1) is 22.8. The van der Waals surface area contributed by atoms with Crippen LogP contribution in [0.5, 0.6) is 17.6 Å². The van der Waals surface area contributed by atoms with E-state index in [-0.39, 0.29) is 64.1 Å². The molecule has 0 aliphatic carbocycles. The minimum absolute atomic E-state index is 0.0237. The Morgan fingerprint density at radius 2 is 1.89 bits per heavy atom. The Labute approximate surface area is 270 Å². The van der Waals surface area contributed by atoms with E-state index in [0.717, 1.165) is 32.2 Å². The van der Waals surface area contributed by atoms with Gasteiger partial charge in [-0.3, -0.25) is 4.90 Å². The van der Waals surface area contributed by atoms with Gasteiger partial charge in [-0.2, -0.15) is 9.97 Å². The van der Waals surface area contributed by atoms with Crippen LogP contribution in [-0.4, -0.2) is 88.6 Å². The van der Waals surface area contributed by atoms with Crippen molar-refractivity contribution in [2.24, 2.45) is 0 Å². The number of rotatable bonds is 6. The summed E-state index contributed by atoms with van der Waals surface area (Å²) in [5, 5.41) is 15.3. The van der Waals surface area contributed by atoms with Crippen LogP contribution in [0.25, 0.3) is 32.9 Å². The third-order valence-corrected chi connectivity index (χ3v) is 10.2. The predicted molar refractivity (Wildman–Crippen MR) is 172 cm³/mol. The summed E-state index contributed by atoms with van der Waals surface area (Å²) in [6.45, 7) is 4.23. The molecule has 4 aliphatic heterocycles. The number of phenols is 1. The second kappa shape index (κ2) is 11.4. The molecule has 6 heterocycles. The number of hydrogen-bond donors (Lipinski definition) is 2. The van der Waals surface area contributed by atoms with Gasteiger partial charge in [-0.15, -0.1) is 5.92 Å². The summed E-state index contributed by atoms with van der Waals surface area (Å²) in [5.74, 6) is 4.52.